The van der Waals surface area contributed by atoms with Crippen LogP contribution in [-0.4, -0.2) is 8.07 Å². The van der Waals surface area contributed by atoms with E-state index in [0.29, 0.717) is 0 Å². The maximum Gasteiger partial charge on any atom is -0.0949 e. The Morgan fingerprint density at radius 2 is 1.33 bits per heavy atom. The van der Waals surface area contributed by atoms with Crippen molar-refractivity contribution in [2.24, 2.45) is 0 Å². The van der Waals surface area contributed by atoms with Gasteiger partial charge in [0.25, 0.3) is 0 Å². The first-order chi connectivity index (χ1) is 2.56. The van der Waals surface area contributed by atoms with Gasteiger partial charge in [0.15, 0.2) is 0 Å². The molecule has 1 heteroatoms. The van der Waals surface area contributed by atoms with Crippen molar-refractivity contribution in [2.45, 2.75) is 26.6 Å². The zero-order valence-corrected chi connectivity index (χ0v) is 6.08. The second-order valence-corrected chi connectivity index (χ2v) is 7.96. The Bertz CT molecular complexity index is 33.7. The van der Waals surface area contributed by atoms with E-state index in [9.17, 15) is 0 Å². The monoisotopic (exact) mass is 101 g/mol. The number of hydrogen-bond donors (Lipinski definition) is 0. The van der Waals surface area contributed by atoms with Gasteiger partial charge in [-0.25, -0.2) is 0 Å². The topological polar surface area (TPSA) is 0 Å². The largest absolute Gasteiger partial charge is 0.331 e. The van der Waals surface area contributed by atoms with E-state index in [1.807, 2.05) is 0 Å². The Balaban J connectivity index is 3.17. The van der Waals surface area contributed by atoms with Gasteiger partial charge >= 0.3 is 0 Å². The highest BCUT2D eigenvalue weighted by atomic mass is 28.3. The molecule has 0 aliphatic rings. The van der Waals surface area contributed by atoms with Crippen LogP contribution in [0, 0.1) is 6.04 Å². The molecule has 0 aromatic carbocycles. The lowest BCUT2D eigenvalue weighted by atomic mass is 11.0. The smallest absolute Gasteiger partial charge is 0.0949 e. The van der Waals surface area contributed by atoms with E-state index in [-0.39, 0.29) is 0 Å². The van der Waals surface area contributed by atoms with Gasteiger partial charge in [-0.05, 0) is 0 Å². The second-order valence-electron chi connectivity index (χ2n) is 2.65. The van der Waals surface area contributed by atoms with Gasteiger partial charge in [-0.15, -0.1) is 8.07 Å². The molecule has 0 heterocycles. The molecule has 0 aliphatic heterocycles. The van der Waals surface area contributed by atoms with Crippen molar-refractivity contribution in [2.75, 3.05) is 0 Å². The maximum absolute atomic E-state index is 2.33. The summed E-state index contributed by atoms with van der Waals surface area (Å²) in [5, 5.41) is 0. The van der Waals surface area contributed by atoms with Gasteiger partial charge < -0.3 is 6.04 Å². The minimum absolute atomic E-state index is 0.756. The third kappa shape index (κ3) is 4.22. The summed E-state index contributed by atoms with van der Waals surface area (Å²) in [6.07, 6.45) is 0. The molecule has 0 nitrogen and oxygen atoms in total. The fourth-order valence-corrected chi connectivity index (χ4v) is 0. The Morgan fingerprint density at radius 3 is 1.33 bits per heavy atom. The molecule has 0 unspecified atom stereocenters. The van der Waals surface area contributed by atoms with Crippen LogP contribution < -0.4 is 0 Å². The summed E-state index contributed by atoms with van der Waals surface area (Å²) in [5.41, 5.74) is 0. The third-order valence-electron chi connectivity index (χ3n) is 0.866. The van der Waals surface area contributed by atoms with Gasteiger partial charge in [0.05, 0.1) is 0 Å². The molecule has 0 rings (SSSR count). The Labute approximate surface area is 41.6 Å². The van der Waals surface area contributed by atoms with E-state index < -0.39 is 8.07 Å². The highest BCUT2D eigenvalue weighted by molar-refractivity contribution is 6.79. The Morgan fingerprint density at radius 1 is 1.17 bits per heavy atom. The van der Waals surface area contributed by atoms with Gasteiger partial charge in [0.1, 0.15) is 0 Å². The lowest BCUT2D eigenvalue weighted by molar-refractivity contribution is 1.55. The third-order valence-corrected chi connectivity index (χ3v) is 2.60. The predicted molar refractivity (Wildman–Crippen MR) is 33.3 cm³/mol. The van der Waals surface area contributed by atoms with Crippen molar-refractivity contribution >= 4 is 8.07 Å². The molecule has 0 saturated carbocycles. The van der Waals surface area contributed by atoms with Crippen LogP contribution in [0.1, 0.15) is 6.92 Å². The van der Waals surface area contributed by atoms with Crippen molar-refractivity contribution in [3.05, 3.63) is 6.04 Å². The first-order valence-electron chi connectivity index (χ1n) is 2.37. The molecular formula is C5H13Si-. The summed E-state index contributed by atoms with van der Waals surface area (Å²) in [5.74, 6) is 0. The van der Waals surface area contributed by atoms with E-state index in [2.05, 4.69) is 32.6 Å². The molecule has 6 heavy (non-hydrogen) atoms. The fourth-order valence-electron chi connectivity index (χ4n) is 0. The summed E-state index contributed by atoms with van der Waals surface area (Å²) in [6, 6.07) is 2.33. The summed E-state index contributed by atoms with van der Waals surface area (Å²) >= 11 is 0. The molecule has 0 amide bonds. The highest BCUT2D eigenvalue weighted by Gasteiger charge is 1.94. The summed E-state index contributed by atoms with van der Waals surface area (Å²) in [4.78, 5) is 0. The molecule has 0 bridgehead atoms. The number of hydrogen-bond acceptors (Lipinski definition) is 0. The lowest BCUT2D eigenvalue weighted by Crippen LogP contribution is -2.18. The first-order valence-corrected chi connectivity index (χ1v) is 5.94. The average molecular weight is 101 g/mol. The molecule has 0 aliphatic carbocycles. The zero-order valence-electron chi connectivity index (χ0n) is 5.08. The summed E-state index contributed by atoms with van der Waals surface area (Å²) < 4.78 is 0. The van der Waals surface area contributed by atoms with Crippen molar-refractivity contribution < 1.29 is 0 Å². The molecule has 0 atom stereocenters. The van der Waals surface area contributed by atoms with Crippen LogP contribution in [0.5, 0.6) is 0 Å². The summed E-state index contributed by atoms with van der Waals surface area (Å²) in [7, 11) is -0.756. The van der Waals surface area contributed by atoms with Gasteiger partial charge in [-0.1, -0.05) is 19.6 Å². The van der Waals surface area contributed by atoms with Crippen LogP contribution >= 0.6 is 0 Å². The van der Waals surface area contributed by atoms with Crippen LogP contribution in [0.3, 0.4) is 0 Å². The number of rotatable bonds is 1. The van der Waals surface area contributed by atoms with Crippen molar-refractivity contribution in [3.8, 4) is 0 Å². The molecule has 0 radical (unpaired) electrons. The van der Waals surface area contributed by atoms with Crippen LogP contribution in [0.4, 0.5) is 0 Å². The maximum atomic E-state index is 2.33. The van der Waals surface area contributed by atoms with E-state index in [0.717, 1.165) is 0 Å². The van der Waals surface area contributed by atoms with E-state index >= 15 is 0 Å². The summed E-state index contributed by atoms with van der Waals surface area (Å²) in [6.45, 7) is 9.12. The minimum Gasteiger partial charge on any atom is -0.331 e. The van der Waals surface area contributed by atoms with Crippen LogP contribution in [0.2, 0.25) is 19.6 Å². The normalized spacial score (nSPS) is 12.0. The average Bonchev–Trinajstić information content (AvgIpc) is 1.35. The SMILES string of the molecule is C[CH-][Si](C)(C)C. The predicted octanol–water partition coefficient (Wildman–Crippen LogP) is 2.09. The Kier molecular flexibility index (Phi) is 1.85. The second kappa shape index (κ2) is 1.78. The zero-order chi connectivity index (χ0) is 5.21. The van der Waals surface area contributed by atoms with Crippen molar-refractivity contribution in [1.82, 2.24) is 0 Å². The van der Waals surface area contributed by atoms with Crippen molar-refractivity contribution in [1.29, 1.82) is 0 Å². The molecule has 0 fully saturated rings. The first kappa shape index (κ1) is 6.22. The van der Waals surface area contributed by atoms with E-state index in [1.54, 1.807) is 0 Å². The van der Waals surface area contributed by atoms with Crippen LogP contribution in [0.25, 0.3) is 0 Å². The van der Waals surface area contributed by atoms with Gasteiger partial charge in [-0.3, -0.25) is 0 Å². The van der Waals surface area contributed by atoms with Gasteiger partial charge in [0, 0.05) is 0 Å². The lowest BCUT2D eigenvalue weighted by Gasteiger charge is -2.22. The van der Waals surface area contributed by atoms with Crippen LogP contribution in [-0.2, 0) is 0 Å². The molecular weight excluding hydrogens is 88.1 g/mol. The molecule has 38 valence electrons. The molecule has 0 N–H and O–H groups in total. The molecule has 0 spiro atoms. The van der Waals surface area contributed by atoms with Gasteiger partial charge in [-0.2, -0.15) is 6.92 Å². The Hall–Kier alpha value is 0.217. The minimum atomic E-state index is -0.756. The van der Waals surface area contributed by atoms with Crippen LogP contribution in [0.15, 0.2) is 0 Å². The molecule has 0 aromatic heterocycles. The fraction of sp³-hybridized carbons (Fsp3) is 0.800. The molecule has 0 aromatic rings. The van der Waals surface area contributed by atoms with Gasteiger partial charge in [0.2, 0.25) is 0 Å². The highest BCUT2D eigenvalue weighted by Crippen LogP contribution is 2.01. The standard InChI is InChI=1S/C5H13Si/c1-5-6(2,3)4/h5H,1-4H3/q-1. The van der Waals surface area contributed by atoms with E-state index in [4.69, 9.17) is 0 Å². The van der Waals surface area contributed by atoms with E-state index in [1.165, 1.54) is 0 Å². The quantitative estimate of drug-likeness (QED) is 0.350. The van der Waals surface area contributed by atoms with Crippen molar-refractivity contribution in [3.63, 3.8) is 0 Å². The molecule has 0 saturated heterocycles.